The van der Waals surface area contributed by atoms with E-state index < -0.39 is 0 Å². The van der Waals surface area contributed by atoms with Crippen LogP contribution in [-0.4, -0.2) is 43.8 Å². The highest BCUT2D eigenvalue weighted by Gasteiger charge is 2.22. The maximum Gasteiger partial charge on any atom is 0.129 e. The van der Waals surface area contributed by atoms with Crippen LogP contribution >= 0.6 is 0 Å². The van der Waals surface area contributed by atoms with Crippen LogP contribution in [0.3, 0.4) is 0 Å². The van der Waals surface area contributed by atoms with Crippen molar-refractivity contribution in [3.05, 3.63) is 0 Å². The van der Waals surface area contributed by atoms with Crippen molar-refractivity contribution in [2.24, 2.45) is 0 Å². The fourth-order valence-corrected chi connectivity index (χ4v) is 1.62. The van der Waals surface area contributed by atoms with Crippen molar-refractivity contribution in [1.29, 1.82) is 0 Å². The smallest absolute Gasteiger partial charge is 0.129 e. The van der Waals surface area contributed by atoms with E-state index in [1.54, 1.807) is 6.92 Å². The van der Waals surface area contributed by atoms with Crippen LogP contribution in [0.1, 0.15) is 53.9 Å². The molecule has 114 valence electrons. The number of carbonyl (C=O) groups is 1. The second-order valence-electron chi connectivity index (χ2n) is 6.27. The van der Waals surface area contributed by atoms with Crippen molar-refractivity contribution in [2.75, 3.05) is 26.8 Å². The van der Waals surface area contributed by atoms with E-state index in [2.05, 4.69) is 19.2 Å². The normalized spacial score (nSPS) is 12.7. The molecule has 0 bridgehead atoms. The number of ether oxygens (including phenoxy) is 2. The first-order valence-electron chi connectivity index (χ1n) is 7.10. The largest absolute Gasteiger partial charge is 0.375 e. The number of Topliss-reactive ketones (excluding diaryl/α,β-unsaturated/α-hetero) is 1. The Labute approximate surface area is 118 Å². The molecule has 19 heavy (non-hydrogen) atoms. The van der Waals surface area contributed by atoms with E-state index in [1.807, 2.05) is 20.9 Å². The Balaban J connectivity index is 3.89. The minimum atomic E-state index is -0.243. The fourth-order valence-electron chi connectivity index (χ4n) is 1.62. The number of hydrogen-bond acceptors (Lipinski definition) is 4. The van der Waals surface area contributed by atoms with Crippen molar-refractivity contribution < 1.29 is 14.3 Å². The molecular weight excluding hydrogens is 242 g/mol. The molecule has 0 heterocycles. The van der Waals surface area contributed by atoms with Gasteiger partial charge in [0.2, 0.25) is 0 Å². The van der Waals surface area contributed by atoms with E-state index >= 15 is 0 Å². The molecule has 0 aliphatic carbocycles. The molecule has 0 aromatic carbocycles. The van der Waals surface area contributed by atoms with Crippen LogP contribution in [0.25, 0.3) is 0 Å². The number of likely N-dealkylation sites (N-methyl/N-ethyl adjacent to an activating group) is 1. The third-order valence-electron chi connectivity index (χ3n) is 3.12. The highest BCUT2D eigenvalue weighted by molar-refractivity contribution is 5.75. The molecule has 0 aromatic heterocycles. The van der Waals surface area contributed by atoms with Gasteiger partial charge in [-0.1, -0.05) is 0 Å². The van der Waals surface area contributed by atoms with Crippen LogP contribution in [0.2, 0.25) is 0 Å². The van der Waals surface area contributed by atoms with E-state index in [-0.39, 0.29) is 17.0 Å². The van der Waals surface area contributed by atoms with Gasteiger partial charge in [0.25, 0.3) is 0 Å². The molecule has 0 atom stereocenters. The van der Waals surface area contributed by atoms with Gasteiger partial charge in [0.05, 0.1) is 24.4 Å². The molecule has 0 aliphatic heterocycles. The average Bonchev–Trinajstić information content (AvgIpc) is 2.26. The number of hydrogen-bond donors (Lipinski definition) is 1. The lowest BCUT2D eigenvalue weighted by Gasteiger charge is -2.29. The summed E-state index contributed by atoms with van der Waals surface area (Å²) in [5, 5.41) is 3.06. The molecule has 4 heteroatoms. The Kier molecular flexibility index (Phi) is 8.46. The van der Waals surface area contributed by atoms with Gasteiger partial charge in [-0.25, -0.2) is 0 Å². The van der Waals surface area contributed by atoms with E-state index in [1.165, 1.54) is 0 Å². The van der Waals surface area contributed by atoms with Gasteiger partial charge in [-0.15, -0.1) is 0 Å². The Morgan fingerprint density at radius 2 is 1.53 bits per heavy atom. The summed E-state index contributed by atoms with van der Waals surface area (Å²) in [4.78, 5) is 11.0. The second kappa shape index (κ2) is 8.67. The molecule has 0 amide bonds. The van der Waals surface area contributed by atoms with Crippen molar-refractivity contribution in [3.63, 3.8) is 0 Å². The Morgan fingerprint density at radius 1 is 1.00 bits per heavy atom. The van der Waals surface area contributed by atoms with Crippen LogP contribution in [-0.2, 0) is 14.3 Å². The highest BCUT2D eigenvalue weighted by Crippen LogP contribution is 2.20. The Hall–Kier alpha value is -0.450. The zero-order valence-electron chi connectivity index (χ0n) is 13.5. The number of rotatable bonds is 11. The molecule has 0 fully saturated rings. The van der Waals surface area contributed by atoms with Crippen LogP contribution in [0.15, 0.2) is 0 Å². The molecule has 0 aromatic rings. The van der Waals surface area contributed by atoms with E-state index in [0.29, 0.717) is 19.6 Å². The van der Waals surface area contributed by atoms with Crippen LogP contribution in [0, 0.1) is 0 Å². The van der Waals surface area contributed by atoms with Crippen LogP contribution < -0.4 is 5.32 Å². The van der Waals surface area contributed by atoms with Crippen LogP contribution in [0.4, 0.5) is 0 Å². The molecule has 0 saturated carbocycles. The minimum Gasteiger partial charge on any atom is -0.375 e. The third-order valence-corrected chi connectivity index (χ3v) is 3.12. The molecular formula is C15H31NO3. The lowest BCUT2D eigenvalue weighted by atomic mass is 10.0. The molecule has 0 saturated heterocycles. The van der Waals surface area contributed by atoms with Gasteiger partial charge in [-0.2, -0.15) is 0 Å². The maximum absolute atomic E-state index is 11.0. The first kappa shape index (κ1) is 18.6. The van der Waals surface area contributed by atoms with Gasteiger partial charge >= 0.3 is 0 Å². The molecule has 0 spiro atoms. The summed E-state index contributed by atoms with van der Waals surface area (Å²) >= 11 is 0. The number of carbonyl (C=O) groups excluding carboxylic acids is 1. The second-order valence-corrected chi connectivity index (χ2v) is 6.27. The van der Waals surface area contributed by atoms with E-state index in [9.17, 15) is 4.79 Å². The molecule has 0 aliphatic rings. The summed E-state index contributed by atoms with van der Waals surface area (Å²) in [5.41, 5.74) is -0.416. The molecule has 4 nitrogen and oxygen atoms in total. The van der Waals surface area contributed by atoms with Gasteiger partial charge < -0.3 is 19.6 Å². The first-order chi connectivity index (χ1) is 8.68. The summed E-state index contributed by atoms with van der Waals surface area (Å²) in [5.74, 6) is 0.215. The zero-order chi connectivity index (χ0) is 14.9. The predicted octanol–water partition coefficient (Wildman–Crippen LogP) is 2.56. The summed E-state index contributed by atoms with van der Waals surface area (Å²) < 4.78 is 11.7. The van der Waals surface area contributed by atoms with Crippen molar-refractivity contribution >= 4 is 5.78 Å². The van der Waals surface area contributed by atoms with Gasteiger partial charge in [0, 0.05) is 13.0 Å². The van der Waals surface area contributed by atoms with Gasteiger partial charge in [0.1, 0.15) is 5.78 Å². The van der Waals surface area contributed by atoms with Gasteiger partial charge in [0.15, 0.2) is 0 Å². The molecule has 0 unspecified atom stereocenters. The predicted molar refractivity (Wildman–Crippen MR) is 78.5 cm³/mol. The number of ketones is 1. The summed E-state index contributed by atoms with van der Waals surface area (Å²) in [7, 11) is 1.91. The zero-order valence-corrected chi connectivity index (χ0v) is 13.5. The van der Waals surface area contributed by atoms with Crippen molar-refractivity contribution in [2.45, 2.75) is 65.1 Å². The molecule has 0 rings (SSSR count). The monoisotopic (exact) mass is 273 g/mol. The first-order valence-corrected chi connectivity index (χ1v) is 7.10. The summed E-state index contributed by atoms with van der Waals surface area (Å²) in [6.45, 7) is 12.1. The Bertz CT molecular complexity index is 262. The fraction of sp³-hybridized carbons (Fsp3) is 0.933. The number of nitrogens with one attached hydrogen (secondary N) is 1. The lowest BCUT2D eigenvalue weighted by Crippen LogP contribution is -2.32. The van der Waals surface area contributed by atoms with Crippen LogP contribution in [0.5, 0.6) is 0 Å². The van der Waals surface area contributed by atoms with E-state index in [0.717, 1.165) is 19.4 Å². The summed E-state index contributed by atoms with van der Waals surface area (Å²) in [6, 6.07) is 0. The topological polar surface area (TPSA) is 47.6 Å². The molecule has 1 N–H and O–H groups in total. The quantitative estimate of drug-likeness (QED) is 0.588. The Morgan fingerprint density at radius 3 is 2.05 bits per heavy atom. The SMILES string of the molecule is CNCCOC(C)(C)CCOC(C)(C)CCC(C)=O. The molecule has 0 radical (unpaired) electrons. The minimum absolute atomic E-state index is 0.173. The van der Waals surface area contributed by atoms with Crippen molar-refractivity contribution in [3.8, 4) is 0 Å². The van der Waals surface area contributed by atoms with Gasteiger partial charge in [-0.05, 0) is 54.5 Å². The maximum atomic E-state index is 11.0. The van der Waals surface area contributed by atoms with Gasteiger partial charge in [-0.3, -0.25) is 0 Å². The summed E-state index contributed by atoms with van der Waals surface area (Å²) in [6.07, 6.45) is 2.19. The highest BCUT2D eigenvalue weighted by atomic mass is 16.5. The standard InChI is InChI=1S/C15H31NO3/c1-13(17)7-8-14(2,3)18-11-9-15(4,5)19-12-10-16-6/h16H,7-12H2,1-6H3. The third kappa shape index (κ3) is 11.1. The lowest BCUT2D eigenvalue weighted by molar-refractivity contribution is -0.119. The average molecular weight is 273 g/mol. The van der Waals surface area contributed by atoms with Crippen molar-refractivity contribution in [1.82, 2.24) is 5.32 Å². The van der Waals surface area contributed by atoms with E-state index in [4.69, 9.17) is 9.47 Å².